The molecule has 0 radical (unpaired) electrons. The molecule has 0 aromatic rings. The van der Waals surface area contributed by atoms with Gasteiger partial charge >= 0.3 is 0 Å². The second kappa shape index (κ2) is 11.2. The molecular formula is C25H43N7O2. The van der Waals surface area contributed by atoms with Crippen molar-refractivity contribution in [1.82, 2.24) is 25.9 Å². The van der Waals surface area contributed by atoms with Crippen molar-refractivity contribution in [2.75, 3.05) is 32.7 Å². The number of likely N-dealkylation sites (tertiary alicyclic amines) is 2. The Hall–Kier alpha value is -1.28. The van der Waals surface area contributed by atoms with Crippen molar-refractivity contribution in [3.63, 3.8) is 0 Å². The van der Waals surface area contributed by atoms with Crippen LogP contribution in [-0.4, -0.2) is 73.0 Å². The summed E-state index contributed by atoms with van der Waals surface area (Å²) in [5, 5.41) is 16.7. The Morgan fingerprint density at radius 3 is 2.59 bits per heavy atom. The van der Waals surface area contributed by atoms with Crippen molar-refractivity contribution in [2.24, 2.45) is 29.4 Å². The Bertz CT molecular complexity index is 729. The van der Waals surface area contributed by atoms with Crippen LogP contribution in [0.1, 0.15) is 64.2 Å². The number of hydrogen-bond acceptors (Lipinski definition) is 8. The highest BCUT2D eigenvalue weighted by Gasteiger charge is 2.42. The van der Waals surface area contributed by atoms with Crippen molar-refractivity contribution in [2.45, 2.75) is 88.8 Å². The van der Waals surface area contributed by atoms with Gasteiger partial charge in [-0.05, 0) is 89.1 Å². The summed E-state index contributed by atoms with van der Waals surface area (Å²) in [7, 11) is 0. The van der Waals surface area contributed by atoms with E-state index in [2.05, 4.69) is 32.0 Å². The summed E-state index contributed by atoms with van der Waals surface area (Å²) in [4.78, 5) is 22.8. The second-order valence-corrected chi connectivity index (χ2v) is 11.3. The largest absolute Gasteiger partial charge is 0.369 e. The molecule has 5 aliphatic rings. The minimum absolute atomic E-state index is 0.0405. The molecule has 5 rings (SSSR count). The Labute approximate surface area is 204 Å². The maximum absolute atomic E-state index is 11.5. The summed E-state index contributed by atoms with van der Waals surface area (Å²) < 4.78 is 0. The molecule has 1 aliphatic carbocycles. The van der Waals surface area contributed by atoms with Crippen molar-refractivity contribution in [3.05, 3.63) is 0 Å². The van der Waals surface area contributed by atoms with Gasteiger partial charge < -0.3 is 11.1 Å². The number of hydroxylamine groups is 1. The zero-order valence-electron chi connectivity index (χ0n) is 20.5. The number of nitrogens with zero attached hydrogens (tertiary/aromatic N) is 3. The van der Waals surface area contributed by atoms with E-state index in [0.29, 0.717) is 18.1 Å². The van der Waals surface area contributed by atoms with E-state index >= 15 is 0 Å². The van der Waals surface area contributed by atoms with Gasteiger partial charge in [0.2, 0.25) is 5.91 Å². The van der Waals surface area contributed by atoms with E-state index < -0.39 is 0 Å². The fourth-order valence-corrected chi connectivity index (χ4v) is 7.04. The molecule has 9 heteroatoms. The quantitative estimate of drug-likeness (QED) is 0.453. The molecule has 34 heavy (non-hydrogen) atoms. The van der Waals surface area contributed by atoms with Crippen molar-refractivity contribution >= 4 is 5.91 Å². The van der Waals surface area contributed by atoms with Crippen LogP contribution in [0.25, 0.3) is 0 Å². The van der Waals surface area contributed by atoms with Crippen LogP contribution < -0.4 is 21.8 Å². The van der Waals surface area contributed by atoms with E-state index in [9.17, 15) is 10.1 Å². The lowest BCUT2D eigenvalue weighted by Gasteiger charge is -2.42. The maximum atomic E-state index is 11.5. The predicted molar refractivity (Wildman–Crippen MR) is 129 cm³/mol. The molecule has 1 saturated carbocycles. The Morgan fingerprint density at radius 1 is 1.06 bits per heavy atom. The van der Waals surface area contributed by atoms with Gasteiger partial charge in [0.25, 0.3) is 0 Å². The van der Waals surface area contributed by atoms with Crippen LogP contribution in [0.4, 0.5) is 0 Å². The first-order valence-electron chi connectivity index (χ1n) is 13.7. The SMILES string of the molecule is N#CC1CCC(CN2CCC[C@H]2C2NC(C3CCNC(N4CCC(C(N)=O)CC4)C3)NO2)CC1. The molecule has 4 heterocycles. The summed E-state index contributed by atoms with van der Waals surface area (Å²) in [6, 6.07) is 2.89. The molecule has 0 spiro atoms. The van der Waals surface area contributed by atoms with Gasteiger partial charge in [0.1, 0.15) is 6.23 Å². The van der Waals surface area contributed by atoms with E-state index in [4.69, 9.17) is 10.6 Å². The second-order valence-electron chi connectivity index (χ2n) is 11.3. The average Bonchev–Trinajstić information content (AvgIpc) is 3.54. The normalized spacial score (nSPS) is 40.9. The van der Waals surface area contributed by atoms with Gasteiger partial charge in [-0.3, -0.25) is 24.7 Å². The molecule has 9 nitrogen and oxygen atoms in total. The fourth-order valence-electron chi connectivity index (χ4n) is 7.04. The van der Waals surface area contributed by atoms with Crippen molar-refractivity contribution in [3.8, 4) is 6.07 Å². The van der Waals surface area contributed by atoms with E-state index in [0.717, 1.165) is 77.2 Å². The Kier molecular flexibility index (Phi) is 8.04. The molecule has 0 aromatic carbocycles. The molecule has 4 saturated heterocycles. The highest BCUT2D eigenvalue weighted by atomic mass is 16.7. The minimum Gasteiger partial charge on any atom is -0.369 e. The van der Waals surface area contributed by atoms with E-state index in [-0.39, 0.29) is 30.1 Å². The third kappa shape index (κ3) is 5.58. The third-order valence-corrected chi connectivity index (χ3v) is 9.22. The van der Waals surface area contributed by atoms with Gasteiger partial charge in [0, 0.05) is 31.5 Å². The number of rotatable bonds is 6. The van der Waals surface area contributed by atoms with Gasteiger partial charge in [0.05, 0.1) is 24.4 Å². The van der Waals surface area contributed by atoms with Crippen LogP contribution in [0.2, 0.25) is 0 Å². The zero-order valence-corrected chi connectivity index (χ0v) is 20.5. The van der Waals surface area contributed by atoms with Crippen LogP contribution >= 0.6 is 0 Å². The van der Waals surface area contributed by atoms with Gasteiger partial charge in [-0.2, -0.15) is 10.7 Å². The molecule has 4 unspecified atom stereocenters. The monoisotopic (exact) mass is 473 g/mol. The van der Waals surface area contributed by atoms with Gasteiger partial charge in [0.15, 0.2) is 0 Å². The topological polar surface area (TPSA) is 119 Å². The van der Waals surface area contributed by atoms with Gasteiger partial charge in [-0.1, -0.05) is 0 Å². The Balaban J connectivity index is 1.10. The molecule has 4 aliphatic heterocycles. The van der Waals surface area contributed by atoms with Crippen LogP contribution in [0.5, 0.6) is 0 Å². The minimum atomic E-state index is -0.146. The van der Waals surface area contributed by atoms with E-state index in [1.165, 1.54) is 25.7 Å². The van der Waals surface area contributed by atoms with Crippen molar-refractivity contribution < 1.29 is 9.63 Å². The van der Waals surface area contributed by atoms with E-state index in [1.807, 2.05) is 0 Å². The molecule has 0 aromatic heterocycles. The molecule has 190 valence electrons. The van der Waals surface area contributed by atoms with Crippen LogP contribution in [-0.2, 0) is 9.63 Å². The van der Waals surface area contributed by atoms with Crippen LogP contribution in [0, 0.1) is 35.0 Å². The first kappa shape index (κ1) is 24.4. The number of nitrogens with two attached hydrogens (primary N) is 1. The molecule has 0 bridgehead atoms. The summed E-state index contributed by atoms with van der Waals surface area (Å²) in [6.45, 7) is 5.19. The van der Waals surface area contributed by atoms with E-state index in [1.54, 1.807) is 0 Å². The fraction of sp³-hybridized carbons (Fsp3) is 0.920. The number of nitrogens with one attached hydrogen (secondary N) is 3. The molecule has 5 atom stereocenters. The smallest absolute Gasteiger partial charge is 0.220 e. The number of hydrogen-bond donors (Lipinski definition) is 4. The number of amides is 1. The summed E-state index contributed by atoms with van der Waals surface area (Å²) in [6.07, 6.45) is 11.5. The highest BCUT2D eigenvalue weighted by molar-refractivity contribution is 5.76. The summed E-state index contributed by atoms with van der Waals surface area (Å²) >= 11 is 0. The third-order valence-electron chi connectivity index (χ3n) is 9.22. The Morgan fingerprint density at radius 2 is 1.85 bits per heavy atom. The lowest BCUT2D eigenvalue weighted by molar-refractivity contribution is -0.123. The lowest BCUT2D eigenvalue weighted by Crippen LogP contribution is -2.57. The number of primary amides is 1. The van der Waals surface area contributed by atoms with Gasteiger partial charge in [-0.15, -0.1) is 0 Å². The molecular weight excluding hydrogens is 430 g/mol. The molecule has 1 amide bonds. The number of carbonyl (C=O) groups is 1. The number of piperidine rings is 2. The number of carbonyl (C=O) groups excluding carboxylic acids is 1. The van der Waals surface area contributed by atoms with Gasteiger partial charge in [-0.25, -0.2) is 0 Å². The zero-order chi connectivity index (χ0) is 23.5. The summed E-state index contributed by atoms with van der Waals surface area (Å²) in [5.74, 6) is 1.41. The lowest BCUT2D eigenvalue weighted by atomic mass is 9.82. The predicted octanol–water partition coefficient (Wildman–Crippen LogP) is 1.08. The average molecular weight is 474 g/mol. The van der Waals surface area contributed by atoms with Crippen LogP contribution in [0.15, 0.2) is 0 Å². The summed E-state index contributed by atoms with van der Waals surface area (Å²) in [5.41, 5.74) is 8.87. The first-order chi connectivity index (χ1) is 16.6. The van der Waals surface area contributed by atoms with Crippen molar-refractivity contribution in [1.29, 1.82) is 5.26 Å². The molecule has 5 fully saturated rings. The first-order valence-corrected chi connectivity index (χ1v) is 13.7. The standard InChI is InChI=1S/C25H43N7O2/c26-15-17-3-5-18(6-4-17)16-32-11-1-2-21(32)25-29-24(30-34-25)20-7-10-28-22(14-20)31-12-8-19(9-13-31)23(27)33/h17-22,24-25,28-30H,1-14,16H2,(H2,27,33)/t17?,18?,20?,21-,22?,24?,25?/m0/s1. The molecule has 5 N–H and O–H groups in total. The number of nitriles is 1. The highest BCUT2D eigenvalue weighted by Crippen LogP contribution is 2.33. The maximum Gasteiger partial charge on any atom is 0.220 e. The van der Waals surface area contributed by atoms with Crippen LogP contribution in [0.3, 0.4) is 0 Å².